The number of hydrogen-bond donors (Lipinski definition) is 0. The summed E-state index contributed by atoms with van der Waals surface area (Å²) >= 11 is 3.37. The smallest absolute Gasteiger partial charge is 0.332 e. The number of fused-ring (bicyclic) bond motifs is 1. The first-order valence-electron chi connectivity index (χ1n) is 13.9. The summed E-state index contributed by atoms with van der Waals surface area (Å²) in [6.45, 7) is 10.7. The number of carbonyl (C=O) groups is 4. The predicted octanol–water partition coefficient (Wildman–Crippen LogP) is 6.25. The van der Waals surface area contributed by atoms with Crippen LogP contribution in [-0.4, -0.2) is 46.5 Å². The molecule has 0 aliphatic heterocycles. The second-order valence-corrected chi connectivity index (χ2v) is 12.8. The van der Waals surface area contributed by atoms with Crippen LogP contribution in [0, 0.1) is 16.7 Å². The average molecular weight is 668 g/mol. The Kier molecular flexibility index (Phi) is 10.5. The molecule has 3 rings (SSSR count). The van der Waals surface area contributed by atoms with Crippen molar-refractivity contribution in [3.63, 3.8) is 0 Å². The summed E-state index contributed by atoms with van der Waals surface area (Å²) in [6.07, 6.45) is -1.04. The van der Waals surface area contributed by atoms with Gasteiger partial charge in [-0.2, -0.15) is 5.26 Å². The lowest BCUT2D eigenvalue weighted by Gasteiger charge is -2.33. The van der Waals surface area contributed by atoms with Gasteiger partial charge in [0, 0.05) is 9.86 Å². The molecule has 0 bridgehead atoms. The summed E-state index contributed by atoms with van der Waals surface area (Å²) in [5.41, 5.74) is -4.91. The molecule has 0 saturated heterocycles. The second-order valence-electron chi connectivity index (χ2n) is 11.9. The molecule has 0 fully saturated rings. The number of hydrogen-bond acceptors (Lipinski definition) is 10. The maximum absolute atomic E-state index is 14.8. The molecule has 0 atom stereocenters. The van der Waals surface area contributed by atoms with Crippen LogP contribution >= 0.6 is 15.9 Å². The lowest BCUT2D eigenvalue weighted by atomic mass is 9.77. The van der Waals surface area contributed by atoms with Crippen LogP contribution in [0.5, 0.6) is 5.75 Å². The molecular weight excluding hydrogens is 632 g/mol. The third-order valence-corrected chi connectivity index (χ3v) is 6.55. The van der Waals surface area contributed by atoms with Gasteiger partial charge in [-0.1, -0.05) is 52.3 Å². The van der Waals surface area contributed by atoms with E-state index < -0.39 is 52.4 Å². The molecule has 232 valence electrons. The minimum atomic E-state index is -2.89. The van der Waals surface area contributed by atoms with Gasteiger partial charge in [0.1, 0.15) is 29.4 Å². The second kappa shape index (κ2) is 13.6. The minimum absolute atomic E-state index is 0.0554. The highest BCUT2D eigenvalue weighted by Crippen LogP contribution is 2.40. The summed E-state index contributed by atoms with van der Waals surface area (Å²) in [7, 11) is 0. The van der Waals surface area contributed by atoms with Crippen molar-refractivity contribution in [2.75, 3.05) is 6.61 Å². The zero-order chi connectivity index (χ0) is 32.9. The zero-order valence-corrected chi connectivity index (χ0v) is 27.4. The van der Waals surface area contributed by atoms with Gasteiger partial charge in [-0.15, -0.1) is 0 Å². The van der Waals surface area contributed by atoms with E-state index in [0.29, 0.717) is 15.4 Å². The van der Waals surface area contributed by atoms with Gasteiger partial charge in [0.15, 0.2) is 11.4 Å². The van der Waals surface area contributed by atoms with Crippen LogP contribution in [0.15, 0.2) is 53.0 Å². The van der Waals surface area contributed by atoms with E-state index in [9.17, 15) is 24.4 Å². The Hall–Kier alpha value is -4.30. The standard InChI is InChI=1S/C33H35BrN2O8/c1-8-41-25(37)17-33(29(39)43-31(2,3)4,30(40)44-32(5,6)7)28(38)26-27(42-19-20-12-10-9-11-13-20)23(18-35)22-15-14-21(34)16-24(22)36-26/h9-16H,8,17,19H2,1-7H3. The van der Waals surface area contributed by atoms with Crippen LogP contribution < -0.4 is 4.74 Å². The lowest BCUT2D eigenvalue weighted by molar-refractivity contribution is -0.184. The van der Waals surface area contributed by atoms with Crippen LogP contribution in [0.4, 0.5) is 0 Å². The van der Waals surface area contributed by atoms with E-state index in [1.54, 1.807) is 90.9 Å². The number of nitrogens with zero attached hydrogens (tertiary/aromatic N) is 2. The minimum Gasteiger partial charge on any atom is -0.485 e. The Morgan fingerprint density at radius 2 is 1.50 bits per heavy atom. The number of aromatic nitrogens is 1. The van der Waals surface area contributed by atoms with Crippen molar-refractivity contribution >= 4 is 50.5 Å². The fourth-order valence-electron chi connectivity index (χ4n) is 4.21. The Bertz CT molecular complexity index is 1590. The predicted molar refractivity (Wildman–Crippen MR) is 165 cm³/mol. The fraction of sp³-hybridized carbons (Fsp3) is 0.394. The Labute approximate surface area is 264 Å². The molecule has 3 aromatic rings. The van der Waals surface area contributed by atoms with E-state index >= 15 is 0 Å². The van der Waals surface area contributed by atoms with E-state index in [1.807, 2.05) is 6.07 Å². The summed E-state index contributed by atoms with van der Waals surface area (Å²) < 4.78 is 22.9. The van der Waals surface area contributed by atoms with Crippen LogP contribution in [0.3, 0.4) is 0 Å². The van der Waals surface area contributed by atoms with Crippen LogP contribution in [0.1, 0.15) is 76.5 Å². The molecule has 0 spiro atoms. The fourth-order valence-corrected chi connectivity index (χ4v) is 4.56. The normalized spacial score (nSPS) is 11.8. The average Bonchev–Trinajstić information content (AvgIpc) is 2.92. The largest absolute Gasteiger partial charge is 0.485 e. The highest BCUT2D eigenvalue weighted by molar-refractivity contribution is 9.10. The Morgan fingerprint density at radius 3 is 2.02 bits per heavy atom. The number of ether oxygens (including phenoxy) is 4. The van der Waals surface area contributed by atoms with E-state index in [-0.39, 0.29) is 30.0 Å². The summed E-state index contributed by atoms with van der Waals surface area (Å²) in [6, 6.07) is 15.9. The molecule has 0 saturated carbocycles. The van der Waals surface area contributed by atoms with Gasteiger partial charge in [-0.05, 0) is 66.2 Å². The summed E-state index contributed by atoms with van der Waals surface area (Å²) in [4.78, 5) is 60.4. The number of Topliss-reactive ketones (excluding diaryl/α,β-unsaturated/α-hetero) is 1. The van der Waals surface area contributed by atoms with E-state index in [4.69, 9.17) is 18.9 Å². The van der Waals surface area contributed by atoms with Crippen molar-refractivity contribution in [3.05, 3.63) is 69.8 Å². The molecule has 1 heterocycles. The molecule has 11 heteroatoms. The van der Waals surface area contributed by atoms with Crippen LogP contribution in [0.25, 0.3) is 10.9 Å². The molecule has 0 N–H and O–H groups in total. The van der Waals surface area contributed by atoms with Crippen LogP contribution in [0.2, 0.25) is 0 Å². The van der Waals surface area contributed by atoms with Crippen LogP contribution in [-0.2, 0) is 35.2 Å². The number of ketones is 1. The van der Waals surface area contributed by atoms with E-state index in [0.717, 1.165) is 0 Å². The van der Waals surface area contributed by atoms with Crippen molar-refractivity contribution in [2.45, 2.75) is 72.7 Å². The third-order valence-electron chi connectivity index (χ3n) is 6.05. The number of halogens is 1. The topological polar surface area (TPSA) is 142 Å². The number of pyridine rings is 1. The quantitative estimate of drug-likeness (QED) is 0.105. The lowest BCUT2D eigenvalue weighted by Crippen LogP contribution is -2.53. The molecular formula is C33H35BrN2O8. The third kappa shape index (κ3) is 7.99. The number of carbonyl (C=O) groups excluding carboxylic acids is 4. The number of benzene rings is 2. The van der Waals surface area contributed by atoms with E-state index in [2.05, 4.69) is 27.0 Å². The number of rotatable bonds is 10. The summed E-state index contributed by atoms with van der Waals surface area (Å²) in [5.74, 6) is -5.19. The molecule has 0 radical (unpaired) electrons. The maximum Gasteiger partial charge on any atom is 0.332 e. The van der Waals surface area contributed by atoms with Crippen molar-refractivity contribution in [1.29, 1.82) is 5.26 Å². The number of esters is 3. The first-order valence-corrected chi connectivity index (χ1v) is 14.7. The molecule has 10 nitrogen and oxygen atoms in total. The van der Waals surface area contributed by atoms with Gasteiger partial charge >= 0.3 is 17.9 Å². The highest BCUT2D eigenvalue weighted by atomic mass is 79.9. The van der Waals surface area contributed by atoms with Gasteiger partial charge < -0.3 is 18.9 Å². The first kappa shape index (κ1) is 34.2. The van der Waals surface area contributed by atoms with Gasteiger partial charge in [-0.25, -0.2) is 4.98 Å². The molecule has 0 unspecified atom stereocenters. The first-order chi connectivity index (χ1) is 20.5. The molecule has 2 aromatic carbocycles. The number of nitriles is 1. The van der Waals surface area contributed by atoms with Gasteiger partial charge in [0.25, 0.3) is 0 Å². The van der Waals surface area contributed by atoms with Crippen molar-refractivity contribution in [1.82, 2.24) is 4.98 Å². The van der Waals surface area contributed by atoms with Gasteiger partial charge in [-0.3, -0.25) is 19.2 Å². The SMILES string of the molecule is CCOC(=O)CC(C(=O)OC(C)(C)C)(C(=O)OC(C)(C)C)C(=O)c1nc2cc(Br)ccc2c(C#N)c1OCc1ccccc1. The van der Waals surface area contributed by atoms with Gasteiger partial charge in [0.2, 0.25) is 11.2 Å². The van der Waals surface area contributed by atoms with Crippen molar-refractivity contribution < 1.29 is 38.1 Å². The molecule has 0 amide bonds. The molecule has 44 heavy (non-hydrogen) atoms. The van der Waals surface area contributed by atoms with Crippen molar-refractivity contribution in [3.8, 4) is 11.8 Å². The summed E-state index contributed by atoms with van der Waals surface area (Å²) in [5, 5.41) is 10.7. The molecule has 0 aliphatic carbocycles. The molecule has 1 aromatic heterocycles. The van der Waals surface area contributed by atoms with Gasteiger partial charge in [0.05, 0.1) is 18.5 Å². The Morgan fingerprint density at radius 1 is 0.909 bits per heavy atom. The Balaban J connectivity index is 2.40. The van der Waals surface area contributed by atoms with Crippen molar-refractivity contribution in [2.24, 2.45) is 5.41 Å². The maximum atomic E-state index is 14.8. The van der Waals surface area contributed by atoms with E-state index in [1.165, 1.54) is 0 Å². The zero-order valence-electron chi connectivity index (χ0n) is 25.8. The highest BCUT2D eigenvalue weighted by Gasteiger charge is 2.60. The monoisotopic (exact) mass is 666 g/mol. The molecule has 0 aliphatic rings.